The van der Waals surface area contributed by atoms with Crippen LogP contribution >= 0.6 is 24.0 Å². The van der Waals surface area contributed by atoms with Crippen molar-refractivity contribution >= 4 is 29.0 Å². The molecule has 0 spiro atoms. The van der Waals surface area contributed by atoms with Crippen LogP contribution < -0.4 is 10.5 Å². The largest absolute Gasteiger partial charge is 0.456 e. The standard InChI is InChI=1S/C17H19NOS2/c1-11(2)12-7-4-5-8-13(12)19-14-9-6-10-15(21-3)16(14)17(18)20/h4-11H,1-3H3,(H2,18,20). The second kappa shape index (κ2) is 6.96. The molecule has 0 unspecified atom stereocenters. The summed E-state index contributed by atoms with van der Waals surface area (Å²) in [7, 11) is 0. The second-order valence-corrected chi connectivity index (χ2v) is 6.28. The van der Waals surface area contributed by atoms with Crippen LogP contribution in [0.5, 0.6) is 11.5 Å². The lowest BCUT2D eigenvalue weighted by Gasteiger charge is -2.17. The number of hydrogen-bond donors (Lipinski definition) is 1. The predicted molar refractivity (Wildman–Crippen MR) is 94.7 cm³/mol. The Hall–Kier alpha value is -1.52. The normalized spacial score (nSPS) is 10.7. The highest BCUT2D eigenvalue weighted by Crippen LogP contribution is 2.35. The van der Waals surface area contributed by atoms with Crippen LogP contribution in [0, 0.1) is 0 Å². The van der Waals surface area contributed by atoms with Crippen molar-refractivity contribution in [3.8, 4) is 11.5 Å². The Bertz CT molecular complexity index is 653. The first kappa shape index (κ1) is 15.9. The molecule has 2 aromatic carbocycles. The first-order valence-corrected chi connectivity index (χ1v) is 8.41. The number of para-hydroxylation sites is 1. The van der Waals surface area contributed by atoms with Crippen molar-refractivity contribution in [3.05, 3.63) is 53.6 Å². The molecule has 110 valence electrons. The summed E-state index contributed by atoms with van der Waals surface area (Å²) in [6, 6.07) is 13.9. The Labute approximate surface area is 135 Å². The van der Waals surface area contributed by atoms with Crippen molar-refractivity contribution in [1.29, 1.82) is 0 Å². The van der Waals surface area contributed by atoms with Gasteiger partial charge >= 0.3 is 0 Å². The number of hydrogen-bond acceptors (Lipinski definition) is 3. The molecule has 0 amide bonds. The smallest absolute Gasteiger partial charge is 0.138 e. The van der Waals surface area contributed by atoms with E-state index in [9.17, 15) is 0 Å². The van der Waals surface area contributed by atoms with Gasteiger partial charge in [-0.15, -0.1) is 11.8 Å². The summed E-state index contributed by atoms with van der Waals surface area (Å²) in [6.07, 6.45) is 2.00. The molecular formula is C17H19NOS2. The Kier molecular flexibility index (Phi) is 5.26. The molecule has 21 heavy (non-hydrogen) atoms. The van der Waals surface area contributed by atoms with Gasteiger partial charge in [0.15, 0.2) is 0 Å². The summed E-state index contributed by atoms with van der Waals surface area (Å²) in [4.78, 5) is 1.39. The van der Waals surface area contributed by atoms with Gasteiger partial charge in [-0.05, 0) is 35.9 Å². The lowest BCUT2D eigenvalue weighted by molar-refractivity contribution is 0.471. The van der Waals surface area contributed by atoms with Crippen LogP contribution in [0.25, 0.3) is 0 Å². The zero-order valence-corrected chi connectivity index (χ0v) is 14.1. The molecule has 0 aliphatic rings. The van der Waals surface area contributed by atoms with Gasteiger partial charge in [-0.2, -0.15) is 0 Å². The number of ether oxygens (including phenoxy) is 1. The van der Waals surface area contributed by atoms with Gasteiger partial charge in [0.2, 0.25) is 0 Å². The lowest BCUT2D eigenvalue weighted by atomic mass is 10.0. The fourth-order valence-electron chi connectivity index (χ4n) is 2.18. The molecule has 0 saturated carbocycles. The summed E-state index contributed by atoms with van der Waals surface area (Å²) in [5.74, 6) is 1.95. The van der Waals surface area contributed by atoms with Crippen molar-refractivity contribution < 1.29 is 4.74 Å². The monoisotopic (exact) mass is 317 g/mol. The van der Waals surface area contributed by atoms with Gasteiger partial charge in [0.1, 0.15) is 16.5 Å². The van der Waals surface area contributed by atoms with E-state index in [1.54, 1.807) is 11.8 Å². The van der Waals surface area contributed by atoms with Gasteiger partial charge in [-0.1, -0.05) is 50.3 Å². The van der Waals surface area contributed by atoms with Crippen LogP contribution in [0.1, 0.15) is 30.9 Å². The summed E-state index contributed by atoms with van der Waals surface area (Å²) < 4.78 is 6.12. The summed E-state index contributed by atoms with van der Waals surface area (Å²) >= 11 is 6.80. The van der Waals surface area contributed by atoms with E-state index in [-0.39, 0.29) is 0 Å². The average Bonchev–Trinajstić information content (AvgIpc) is 2.47. The molecule has 0 saturated heterocycles. The first-order valence-electron chi connectivity index (χ1n) is 6.78. The fraction of sp³-hybridized carbons (Fsp3) is 0.235. The Balaban J connectivity index is 2.48. The molecule has 2 N–H and O–H groups in total. The summed E-state index contributed by atoms with van der Waals surface area (Å²) in [5, 5.41) is 0. The van der Waals surface area contributed by atoms with Gasteiger partial charge in [0.25, 0.3) is 0 Å². The molecule has 0 fully saturated rings. The van der Waals surface area contributed by atoms with Crippen molar-refractivity contribution in [3.63, 3.8) is 0 Å². The number of nitrogens with two attached hydrogens (primary N) is 1. The molecule has 0 aliphatic heterocycles. The maximum absolute atomic E-state index is 6.12. The van der Waals surface area contributed by atoms with E-state index < -0.39 is 0 Å². The van der Waals surface area contributed by atoms with Gasteiger partial charge in [0, 0.05) is 4.90 Å². The second-order valence-electron chi connectivity index (χ2n) is 4.99. The minimum absolute atomic E-state index is 0.358. The molecule has 0 aromatic heterocycles. The summed E-state index contributed by atoms with van der Waals surface area (Å²) in [6.45, 7) is 4.30. The van der Waals surface area contributed by atoms with Gasteiger partial charge in [-0.25, -0.2) is 0 Å². The molecule has 2 rings (SSSR count). The molecule has 2 nitrogen and oxygen atoms in total. The molecule has 0 atom stereocenters. The highest BCUT2D eigenvalue weighted by Gasteiger charge is 2.14. The van der Waals surface area contributed by atoms with E-state index in [1.807, 2.05) is 42.7 Å². The highest BCUT2D eigenvalue weighted by molar-refractivity contribution is 7.98. The van der Waals surface area contributed by atoms with Crippen molar-refractivity contribution in [2.24, 2.45) is 5.73 Å². The topological polar surface area (TPSA) is 35.2 Å². The maximum atomic E-state index is 6.12. The van der Waals surface area contributed by atoms with E-state index in [0.717, 1.165) is 16.2 Å². The molecule has 4 heteroatoms. The number of benzene rings is 2. The predicted octanol–water partition coefficient (Wildman–Crippen LogP) is 4.96. The van der Waals surface area contributed by atoms with Crippen LogP contribution in [0.2, 0.25) is 0 Å². The maximum Gasteiger partial charge on any atom is 0.138 e. The third-order valence-electron chi connectivity index (χ3n) is 3.22. The van der Waals surface area contributed by atoms with Crippen molar-refractivity contribution in [2.75, 3.05) is 6.26 Å². The molecule has 0 bridgehead atoms. The van der Waals surface area contributed by atoms with E-state index in [1.165, 1.54) is 5.56 Å². The summed E-state index contributed by atoms with van der Waals surface area (Å²) in [5.41, 5.74) is 7.85. The molecule has 2 aromatic rings. The molecule has 0 radical (unpaired) electrons. The minimum atomic E-state index is 0.358. The van der Waals surface area contributed by atoms with E-state index in [4.69, 9.17) is 22.7 Å². The van der Waals surface area contributed by atoms with E-state index in [2.05, 4.69) is 19.9 Å². The number of rotatable bonds is 5. The van der Waals surface area contributed by atoms with E-state index >= 15 is 0 Å². The Morgan fingerprint density at radius 3 is 2.38 bits per heavy atom. The molecule has 0 aliphatic carbocycles. The zero-order valence-electron chi connectivity index (χ0n) is 12.4. The van der Waals surface area contributed by atoms with Crippen LogP contribution in [0.3, 0.4) is 0 Å². The van der Waals surface area contributed by atoms with Crippen LogP contribution in [-0.4, -0.2) is 11.2 Å². The van der Waals surface area contributed by atoms with Crippen LogP contribution in [0.15, 0.2) is 47.4 Å². The average molecular weight is 317 g/mol. The van der Waals surface area contributed by atoms with Gasteiger partial charge in [0.05, 0.1) is 5.56 Å². The Morgan fingerprint density at radius 1 is 1.10 bits per heavy atom. The van der Waals surface area contributed by atoms with E-state index in [0.29, 0.717) is 16.7 Å². The molecular weight excluding hydrogens is 298 g/mol. The first-order chi connectivity index (χ1) is 10.0. The fourth-order valence-corrected chi connectivity index (χ4v) is 3.08. The lowest BCUT2D eigenvalue weighted by Crippen LogP contribution is -2.12. The van der Waals surface area contributed by atoms with Crippen molar-refractivity contribution in [2.45, 2.75) is 24.7 Å². The molecule has 0 heterocycles. The zero-order chi connectivity index (χ0) is 15.4. The highest BCUT2D eigenvalue weighted by atomic mass is 32.2. The third kappa shape index (κ3) is 3.57. The minimum Gasteiger partial charge on any atom is -0.456 e. The van der Waals surface area contributed by atoms with Crippen molar-refractivity contribution in [1.82, 2.24) is 0 Å². The van der Waals surface area contributed by atoms with Crippen LogP contribution in [-0.2, 0) is 0 Å². The quantitative estimate of drug-likeness (QED) is 0.624. The number of thioether (sulfide) groups is 1. The van der Waals surface area contributed by atoms with Crippen LogP contribution in [0.4, 0.5) is 0 Å². The SMILES string of the molecule is CSc1cccc(Oc2ccccc2C(C)C)c1C(N)=S. The van der Waals surface area contributed by atoms with Gasteiger partial charge in [-0.3, -0.25) is 0 Å². The van der Waals surface area contributed by atoms with Gasteiger partial charge < -0.3 is 10.5 Å². The third-order valence-corrected chi connectivity index (χ3v) is 4.20. The Morgan fingerprint density at radius 2 is 1.76 bits per heavy atom. The number of thiocarbonyl (C=S) groups is 1.